The van der Waals surface area contributed by atoms with Gasteiger partial charge in [-0.05, 0) is 6.42 Å². The van der Waals surface area contributed by atoms with Crippen LogP contribution < -0.4 is 0 Å². The van der Waals surface area contributed by atoms with Crippen molar-refractivity contribution in [2.24, 2.45) is 5.92 Å². The van der Waals surface area contributed by atoms with E-state index in [1.54, 1.807) is 6.92 Å². The van der Waals surface area contributed by atoms with E-state index < -0.39 is 12.5 Å². The SMILES string of the molecule is CCC(C)C(=O)N1CCC(F)(F)C1. The van der Waals surface area contributed by atoms with Crippen LogP contribution in [0.2, 0.25) is 0 Å². The highest BCUT2D eigenvalue weighted by molar-refractivity contribution is 5.78. The van der Waals surface area contributed by atoms with Crippen molar-refractivity contribution in [3.05, 3.63) is 0 Å². The summed E-state index contributed by atoms with van der Waals surface area (Å²) in [4.78, 5) is 12.7. The van der Waals surface area contributed by atoms with Gasteiger partial charge in [0.1, 0.15) is 0 Å². The molecule has 13 heavy (non-hydrogen) atoms. The fourth-order valence-corrected chi connectivity index (χ4v) is 1.41. The highest BCUT2D eigenvalue weighted by atomic mass is 19.3. The zero-order valence-corrected chi connectivity index (χ0v) is 8.02. The fourth-order valence-electron chi connectivity index (χ4n) is 1.41. The van der Waals surface area contributed by atoms with E-state index in [1.807, 2.05) is 6.92 Å². The van der Waals surface area contributed by atoms with Gasteiger partial charge in [-0.3, -0.25) is 4.79 Å². The number of halogens is 2. The Balaban J connectivity index is 2.51. The molecule has 1 amide bonds. The van der Waals surface area contributed by atoms with Gasteiger partial charge in [-0.2, -0.15) is 0 Å². The van der Waals surface area contributed by atoms with Crippen molar-refractivity contribution in [1.82, 2.24) is 4.90 Å². The lowest BCUT2D eigenvalue weighted by molar-refractivity contribution is -0.135. The number of alkyl halides is 2. The minimum atomic E-state index is -2.66. The van der Waals surface area contributed by atoms with E-state index in [2.05, 4.69) is 0 Å². The zero-order valence-electron chi connectivity index (χ0n) is 8.02. The average molecular weight is 191 g/mol. The molecule has 1 aliphatic heterocycles. The van der Waals surface area contributed by atoms with Crippen molar-refractivity contribution >= 4 is 5.91 Å². The molecule has 1 rings (SSSR count). The van der Waals surface area contributed by atoms with Gasteiger partial charge in [-0.1, -0.05) is 13.8 Å². The molecule has 1 unspecified atom stereocenters. The van der Waals surface area contributed by atoms with Gasteiger partial charge in [-0.25, -0.2) is 8.78 Å². The van der Waals surface area contributed by atoms with Crippen LogP contribution in [0.15, 0.2) is 0 Å². The summed E-state index contributed by atoms with van der Waals surface area (Å²) in [7, 11) is 0. The number of likely N-dealkylation sites (tertiary alicyclic amines) is 1. The van der Waals surface area contributed by atoms with Crippen molar-refractivity contribution in [3.63, 3.8) is 0 Å². The second-order valence-electron chi connectivity index (χ2n) is 3.68. The van der Waals surface area contributed by atoms with Crippen LogP contribution >= 0.6 is 0 Å². The van der Waals surface area contributed by atoms with Gasteiger partial charge in [-0.15, -0.1) is 0 Å². The van der Waals surface area contributed by atoms with Crippen molar-refractivity contribution in [1.29, 1.82) is 0 Å². The first-order valence-electron chi connectivity index (χ1n) is 4.63. The number of nitrogens with zero attached hydrogens (tertiary/aromatic N) is 1. The Labute approximate surface area is 76.9 Å². The van der Waals surface area contributed by atoms with E-state index in [9.17, 15) is 13.6 Å². The lowest BCUT2D eigenvalue weighted by atomic mass is 10.1. The van der Waals surface area contributed by atoms with Crippen LogP contribution in [0.25, 0.3) is 0 Å². The molecule has 0 aromatic carbocycles. The van der Waals surface area contributed by atoms with Gasteiger partial charge in [0, 0.05) is 18.9 Å². The molecule has 1 atom stereocenters. The van der Waals surface area contributed by atoms with Gasteiger partial charge in [0.05, 0.1) is 6.54 Å². The van der Waals surface area contributed by atoms with Gasteiger partial charge < -0.3 is 4.90 Å². The summed E-state index contributed by atoms with van der Waals surface area (Å²) in [5.41, 5.74) is 0. The molecule has 0 N–H and O–H groups in total. The smallest absolute Gasteiger partial charge is 0.267 e. The molecule has 1 aliphatic rings. The molecule has 1 heterocycles. The van der Waals surface area contributed by atoms with Crippen LogP contribution in [0.5, 0.6) is 0 Å². The number of carbonyl (C=O) groups is 1. The molecule has 0 bridgehead atoms. The lowest BCUT2D eigenvalue weighted by Gasteiger charge is -2.19. The Kier molecular flexibility index (Phi) is 2.88. The van der Waals surface area contributed by atoms with Crippen molar-refractivity contribution in [2.45, 2.75) is 32.6 Å². The topological polar surface area (TPSA) is 20.3 Å². The molecule has 0 aromatic rings. The Bertz CT molecular complexity index is 206. The van der Waals surface area contributed by atoms with E-state index in [0.29, 0.717) is 6.42 Å². The monoisotopic (exact) mass is 191 g/mol. The molecule has 0 aliphatic carbocycles. The first-order valence-corrected chi connectivity index (χ1v) is 4.63. The minimum Gasteiger partial charge on any atom is -0.336 e. The lowest BCUT2D eigenvalue weighted by Crippen LogP contribution is -2.34. The molecule has 76 valence electrons. The number of hydrogen-bond acceptors (Lipinski definition) is 1. The predicted octanol–water partition coefficient (Wildman–Crippen LogP) is 1.90. The first-order chi connectivity index (χ1) is 5.96. The van der Waals surface area contributed by atoms with Gasteiger partial charge in [0.25, 0.3) is 5.92 Å². The molecule has 1 saturated heterocycles. The Morgan fingerprint density at radius 3 is 2.62 bits per heavy atom. The number of hydrogen-bond donors (Lipinski definition) is 0. The van der Waals surface area contributed by atoms with Crippen molar-refractivity contribution < 1.29 is 13.6 Å². The first kappa shape index (κ1) is 10.4. The molecule has 0 aromatic heterocycles. The molecular weight excluding hydrogens is 176 g/mol. The Morgan fingerprint density at radius 2 is 2.23 bits per heavy atom. The maximum atomic E-state index is 12.7. The third kappa shape index (κ3) is 2.39. The van der Waals surface area contributed by atoms with Crippen LogP contribution in [0, 0.1) is 5.92 Å². The minimum absolute atomic E-state index is 0.131. The normalized spacial score (nSPS) is 23.2. The summed E-state index contributed by atoms with van der Waals surface area (Å²) in [6, 6.07) is 0. The van der Waals surface area contributed by atoms with Crippen molar-refractivity contribution in [2.75, 3.05) is 13.1 Å². The van der Waals surface area contributed by atoms with Gasteiger partial charge in [0.2, 0.25) is 5.91 Å². The quantitative estimate of drug-likeness (QED) is 0.652. The van der Waals surface area contributed by atoms with E-state index >= 15 is 0 Å². The van der Waals surface area contributed by atoms with Crippen LogP contribution in [-0.4, -0.2) is 29.8 Å². The summed E-state index contributed by atoms with van der Waals surface area (Å²) in [5.74, 6) is -2.93. The highest BCUT2D eigenvalue weighted by Crippen LogP contribution is 2.27. The maximum Gasteiger partial charge on any atom is 0.267 e. The number of rotatable bonds is 2. The second kappa shape index (κ2) is 3.60. The summed E-state index contributed by atoms with van der Waals surface area (Å²) >= 11 is 0. The Morgan fingerprint density at radius 1 is 1.62 bits per heavy atom. The van der Waals surface area contributed by atoms with Crippen LogP contribution in [0.1, 0.15) is 26.7 Å². The van der Waals surface area contributed by atoms with E-state index in [-0.39, 0.29) is 24.8 Å². The third-order valence-electron chi connectivity index (χ3n) is 2.52. The summed E-state index contributed by atoms with van der Waals surface area (Å²) in [5, 5.41) is 0. The highest BCUT2D eigenvalue weighted by Gasteiger charge is 2.40. The zero-order chi connectivity index (χ0) is 10.1. The van der Waals surface area contributed by atoms with E-state index in [1.165, 1.54) is 4.90 Å². The van der Waals surface area contributed by atoms with Gasteiger partial charge >= 0.3 is 0 Å². The molecule has 2 nitrogen and oxygen atoms in total. The molecule has 0 radical (unpaired) electrons. The number of carbonyl (C=O) groups excluding carboxylic acids is 1. The van der Waals surface area contributed by atoms with Crippen molar-refractivity contribution in [3.8, 4) is 0 Å². The molecule has 0 spiro atoms. The van der Waals surface area contributed by atoms with E-state index in [4.69, 9.17) is 0 Å². The van der Waals surface area contributed by atoms with Crippen LogP contribution in [-0.2, 0) is 4.79 Å². The summed E-state index contributed by atoms with van der Waals surface area (Å²) in [6.07, 6.45) is 0.524. The second-order valence-corrected chi connectivity index (χ2v) is 3.68. The summed E-state index contributed by atoms with van der Waals surface area (Å²) in [6.45, 7) is 3.47. The van der Waals surface area contributed by atoms with E-state index in [0.717, 1.165) is 0 Å². The Hall–Kier alpha value is -0.670. The largest absolute Gasteiger partial charge is 0.336 e. The molecule has 1 fully saturated rings. The van der Waals surface area contributed by atoms with Crippen LogP contribution in [0.4, 0.5) is 8.78 Å². The third-order valence-corrected chi connectivity index (χ3v) is 2.52. The maximum absolute atomic E-state index is 12.7. The summed E-state index contributed by atoms with van der Waals surface area (Å²) < 4.78 is 25.5. The predicted molar refractivity (Wildman–Crippen MR) is 45.6 cm³/mol. The van der Waals surface area contributed by atoms with Gasteiger partial charge in [0.15, 0.2) is 0 Å². The average Bonchev–Trinajstić information content (AvgIpc) is 2.43. The van der Waals surface area contributed by atoms with Crippen LogP contribution in [0.3, 0.4) is 0 Å². The molecule has 4 heteroatoms. The standard InChI is InChI=1S/C9H15F2NO/c1-3-7(2)8(13)12-5-4-9(10,11)6-12/h7H,3-6H2,1-2H3. The molecular formula is C9H15F2NO. The fraction of sp³-hybridized carbons (Fsp3) is 0.889. The molecule has 0 saturated carbocycles. The number of amides is 1.